The zero-order chi connectivity index (χ0) is 21.5. The molecule has 2 aromatic heterocycles. The number of unbranched alkanes of at least 4 members (excludes halogenated alkanes) is 2. The molecule has 31 heavy (non-hydrogen) atoms. The molecule has 0 aliphatic heterocycles. The van der Waals surface area contributed by atoms with E-state index in [2.05, 4.69) is 92.9 Å². The van der Waals surface area contributed by atoms with Crippen LogP contribution in [0, 0.1) is 20.8 Å². The summed E-state index contributed by atoms with van der Waals surface area (Å²) in [5.41, 5.74) is 10.1. The lowest BCUT2D eigenvalue weighted by molar-refractivity contribution is 0.718. The van der Waals surface area contributed by atoms with Crippen LogP contribution in [0.25, 0.3) is 38.6 Å². The number of nitrogens with zero attached hydrogens (tertiary/aromatic N) is 2. The average molecular weight is 407 g/mol. The van der Waals surface area contributed by atoms with E-state index in [4.69, 9.17) is 4.98 Å². The van der Waals surface area contributed by atoms with Crippen LogP contribution in [0.3, 0.4) is 0 Å². The molecule has 0 atom stereocenters. The third-order valence-electron chi connectivity index (χ3n) is 6.52. The minimum atomic E-state index is 1.04. The molecule has 2 heteroatoms. The van der Waals surface area contributed by atoms with Crippen LogP contribution in [0.1, 0.15) is 48.4 Å². The fourth-order valence-corrected chi connectivity index (χ4v) is 5.19. The number of hydrogen-bond acceptors (Lipinski definition) is 1. The number of aromatic nitrogens is 2. The Morgan fingerprint density at radius 3 is 2.29 bits per heavy atom. The van der Waals surface area contributed by atoms with E-state index in [1.807, 2.05) is 0 Å². The monoisotopic (exact) mass is 406 g/mol. The number of imidazole rings is 1. The maximum absolute atomic E-state index is 4.92. The maximum atomic E-state index is 4.92. The van der Waals surface area contributed by atoms with Crippen molar-refractivity contribution in [2.24, 2.45) is 0 Å². The second kappa shape index (κ2) is 7.85. The van der Waals surface area contributed by atoms with Gasteiger partial charge in [-0.1, -0.05) is 67.8 Å². The van der Waals surface area contributed by atoms with E-state index < -0.39 is 0 Å². The summed E-state index contributed by atoms with van der Waals surface area (Å²) in [6, 6.07) is 20.3. The van der Waals surface area contributed by atoms with Crippen molar-refractivity contribution in [2.75, 3.05) is 0 Å². The molecular formula is C29H30N2. The minimum Gasteiger partial charge on any atom is -0.292 e. The van der Waals surface area contributed by atoms with Crippen molar-refractivity contribution in [3.8, 4) is 11.3 Å². The molecule has 2 heterocycles. The number of pyridine rings is 1. The molecule has 0 aliphatic rings. The molecule has 0 N–H and O–H groups in total. The number of fused-ring (bicyclic) bond motifs is 6. The molecule has 0 radical (unpaired) electrons. The molecule has 5 aromatic rings. The fraction of sp³-hybridized carbons (Fsp3) is 0.276. The van der Waals surface area contributed by atoms with Crippen molar-refractivity contribution in [1.29, 1.82) is 0 Å². The summed E-state index contributed by atoms with van der Waals surface area (Å²) < 4.78 is 2.37. The van der Waals surface area contributed by atoms with Gasteiger partial charge in [-0.15, -0.1) is 0 Å². The fourth-order valence-electron chi connectivity index (χ4n) is 5.19. The Balaban J connectivity index is 1.84. The molecule has 0 aliphatic carbocycles. The van der Waals surface area contributed by atoms with Crippen LogP contribution in [-0.2, 0) is 6.42 Å². The molecule has 2 nitrogen and oxygen atoms in total. The van der Waals surface area contributed by atoms with Gasteiger partial charge in [-0.2, -0.15) is 0 Å². The van der Waals surface area contributed by atoms with Gasteiger partial charge in [0.2, 0.25) is 0 Å². The van der Waals surface area contributed by atoms with E-state index in [1.165, 1.54) is 74.4 Å². The van der Waals surface area contributed by atoms with E-state index in [9.17, 15) is 0 Å². The number of hydrogen-bond donors (Lipinski definition) is 0. The van der Waals surface area contributed by atoms with Crippen LogP contribution in [0.5, 0.6) is 0 Å². The summed E-state index contributed by atoms with van der Waals surface area (Å²) in [7, 11) is 0. The Morgan fingerprint density at radius 2 is 1.55 bits per heavy atom. The van der Waals surface area contributed by atoms with Crippen LogP contribution in [-0.4, -0.2) is 9.38 Å². The van der Waals surface area contributed by atoms with Gasteiger partial charge in [0, 0.05) is 16.3 Å². The molecule has 0 unspecified atom stereocenters. The molecule has 0 fully saturated rings. The number of benzene rings is 3. The van der Waals surface area contributed by atoms with Gasteiger partial charge in [-0.25, -0.2) is 4.98 Å². The van der Waals surface area contributed by atoms with Gasteiger partial charge in [-0.05, 0) is 67.8 Å². The third-order valence-corrected chi connectivity index (χ3v) is 6.52. The van der Waals surface area contributed by atoms with Crippen LogP contribution in [0.2, 0.25) is 0 Å². The minimum absolute atomic E-state index is 1.04. The predicted octanol–water partition coefficient (Wildman–Crippen LogP) is 7.97. The first-order chi connectivity index (χ1) is 15.1. The predicted molar refractivity (Wildman–Crippen MR) is 133 cm³/mol. The standard InChI is InChI=1S/C29H30N2/c1-5-6-7-10-22-13-14-26-25(17-22)23-11-8-9-12-24(23)29-30-18-27(31(26)29)28-20(3)15-19(2)16-21(28)4/h8-9,11-18H,5-7,10H2,1-4H3. The maximum Gasteiger partial charge on any atom is 0.145 e. The van der Waals surface area contributed by atoms with Gasteiger partial charge in [0.05, 0.1) is 17.4 Å². The molecule has 0 saturated heterocycles. The van der Waals surface area contributed by atoms with Crippen molar-refractivity contribution in [1.82, 2.24) is 9.38 Å². The molecule has 0 saturated carbocycles. The highest BCUT2D eigenvalue weighted by Gasteiger charge is 2.17. The van der Waals surface area contributed by atoms with Crippen molar-refractivity contribution in [3.63, 3.8) is 0 Å². The summed E-state index contributed by atoms with van der Waals surface area (Å²) in [5.74, 6) is 0. The van der Waals surface area contributed by atoms with Crippen LogP contribution in [0.4, 0.5) is 0 Å². The molecular weight excluding hydrogens is 376 g/mol. The molecule has 0 amide bonds. The highest BCUT2D eigenvalue weighted by Crippen LogP contribution is 2.36. The van der Waals surface area contributed by atoms with E-state index in [1.54, 1.807) is 0 Å². The van der Waals surface area contributed by atoms with Crippen LogP contribution >= 0.6 is 0 Å². The zero-order valence-corrected chi connectivity index (χ0v) is 19.0. The Kier molecular flexibility index (Phi) is 5.02. The van der Waals surface area contributed by atoms with Crippen LogP contribution < -0.4 is 0 Å². The van der Waals surface area contributed by atoms with Gasteiger partial charge < -0.3 is 0 Å². The normalized spacial score (nSPS) is 11.7. The Hall–Kier alpha value is -3.13. The van der Waals surface area contributed by atoms with Gasteiger partial charge in [0.15, 0.2) is 0 Å². The molecule has 0 spiro atoms. The topological polar surface area (TPSA) is 17.3 Å². The van der Waals surface area contributed by atoms with Crippen molar-refractivity contribution < 1.29 is 0 Å². The largest absolute Gasteiger partial charge is 0.292 e. The molecule has 0 bridgehead atoms. The van der Waals surface area contributed by atoms with Crippen molar-refractivity contribution in [2.45, 2.75) is 53.4 Å². The first-order valence-corrected chi connectivity index (χ1v) is 11.5. The van der Waals surface area contributed by atoms with E-state index >= 15 is 0 Å². The summed E-state index contributed by atoms with van der Waals surface area (Å²) in [5, 5.41) is 3.82. The second-order valence-corrected chi connectivity index (χ2v) is 8.93. The first kappa shape index (κ1) is 19.8. The van der Waals surface area contributed by atoms with Crippen molar-refractivity contribution in [3.05, 3.63) is 83.0 Å². The summed E-state index contributed by atoms with van der Waals surface area (Å²) in [6.45, 7) is 8.86. The molecule has 5 rings (SSSR count). The number of aryl methyl sites for hydroxylation is 4. The lowest BCUT2D eigenvalue weighted by atomic mass is 9.97. The molecule has 156 valence electrons. The SMILES string of the molecule is CCCCCc1ccc2c(c1)c1ccccc1c1ncc(-c3c(C)cc(C)cc3C)n21. The zero-order valence-electron chi connectivity index (χ0n) is 19.0. The third kappa shape index (κ3) is 3.31. The first-order valence-electron chi connectivity index (χ1n) is 11.5. The quantitative estimate of drug-likeness (QED) is 0.214. The lowest BCUT2D eigenvalue weighted by Crippen LogP contribution is -1.98. The van der Waals surface area contributed by atoms with Gasteiger partial charge >= 0.3 is 0 Å². The number of rotatable bonds is 5. The van der Waals surface area contributed by atoms with E-state index in [0.717, 1.165) is 12.1 Å². The highest BCUT2D eigenvalue weighted by atomic mass is 15.0. The van der Waals surface area contributed by atoms with E-state index in [0.29, 0.717) is 0 Å². The average Bonchev–Trinajstić information content (AvgIpc) is 3.18. The van der Waals surface area contributed by atoms with Crippen LogP contribution in [0.15, 0.2) is 60.8 Å². The Bertz CT molecular complexity index is 1400. The Labute approximate surface area is 184 Å². The summed E-state index contributed by atoms with van der Waals surface area (Å²) >= 11 is 0. The lowest BCUT2D eigenvalue weighted by Gasteiger charge is -2.15. The summed E-state index contributed by atoms with van der Waals surface area (Å²) in [6.07, 6.45) is 6.99. The van der Waals surface area contributed by atoms with Gasteiger partial charge in [0.25, 0.3) is 0 Å². The second-order valence-electron chi connectivity index (χ2n) is 8.93. The Morgan fingerprint density at radius 1 is 0.806 bits per heavy atom. The van der Waals surface area contributed by atoms with Gasteiger partial charge in [-0.3, -0.25) is 4.40 Å². The van der Waals surface area contributed by atoms with E-state index in [-0.39, 0.29) is 0 Å². The van der Waals surface area contributed by atoms with Gasteiger partial charge in [0.1, 0.15) is 5.65 Å². The highest BCUT2D eigenvalue weighted by molar-refractivity contribution is 6.12. The molecule has 3 aromatic carbocycles. The smallest absolute Gasteiger partial charge is 0.145 e. The van der Waals surface area contributed by atoms with Crippen molar-refractivity contribution >= 4 is 27.3 Å². The summed E-state index contributed by atoms with van der Waals surface area (Å²) in [4.78, 5) is 4.92.